The molecule has 4 heteroatoms. The molecule has 1 amide bonds. The van der Waals surface area contributed by atoms with Crippen molar-refractivity contribution in [2.24, 2.45) is 0 Å². The Morgan fingerprint density at radius 3 is 3.00 bits per heavy atom. The van der Waals surface area contributed by atoms with Gasteiger partial charge in [-0.15, -0.1) is 6.58 Å². The molecule has 0 fully saturated rings. The van der Waals surface area contributed by atoms with Crippen molar-refractivity contribution in [1.29, 1.82) is 0 Å². The van der Waals surface area contributed by atoms with Crippen LogP contribution in [-0.2, 0) is 0 Å². The first-order chi connectivity index (χ1) is 6.65. The fourth-order valence-electron chi connectivity index (χ4n) is 1.03. The van der Waals surface area contributed by atoms with E-state index in [2.05, 4.69) is 27.5 Å². The summed E-state index contributed by atoms with van der Waals surface area (Å²) in [6, 6.07) is 1.74. The predicted molar refractivity (Wildman–Crippen MR) is 59.1 cm³/mol. The molecule has 0 aliphatic carbocycles. The summed E-state index contributed by atoms with van der Waals surface area (Å²) in [5, 5.41) is 0. The molecule has 0 saturated carbocycles. The molecule has 0 aliphatic rings. The lowest BCUT2D eigenvalue weighted by molar-refractivity contribution is 0.0810. The number of nitrogens with zero attached hydrogens (tertiary/aromatic N) is 2. The molecule has 0 aromatic carbocycles. The topological polar surface area (TPSA) is 33.2 Å². The summed E-state index contributed by atoms with van der Waals surface area (Å²) >= 11 is 3.27. The Morgan fingerprint density at radius 2 is 2.43 bits per heavy atom. The average molecular weight is 255 g/mol. The number of rotatable bonds is 3. The maximum absolute atomic E-state index is 11.7. The number of halogens is 1. The predicted octanol–water partition coefficient (Wildman–Crippen LogP) is 2.10. The van der Waals surface area contributed by atoms with E-state index in [9.17, 15) is 4.79 Å². The smallest absolute Gasteiger partial charge is 0.255 e. The molecular formula is C10H11BrN2O. The molecule has 0 spiro atoms. The van der Waals surface area contributed by atoms with Gasteiger partial charge in [0.2, 0.25) is 0 Å². The van der Waals surface area contributed by atoms with Crippen LogP contribution < -0.4 is 0 Å². The van der Waals surface area contributed by atoms with E-state index in [1.54, 1.807) is 36.5 Å². The highest BCUT2D eigenvalue weighted by molar-refractivity contribution is 9.10. The van der Waals surface area contributed by atoms with Gasteiger partial charge in [-0.05, 0) is 22.0 Å². The molecule has 1 heterocycles. The number of carbonyl (C=O) groups is 1. The second-order valence-corrected chi connectivity index (χ2v) is 3.78. The highest BCUT2D eigenvalue weighted by atomic mass is 79.9. The van der Waals surface area contributed by atoms with Gasteiger partial charge < -0.3 is 4.90 Å². The highest BCUT2D eigenvalue weighted by Crippen LogP contribution is 2.10. The van der Waals surface area contributed by atoms with E-state index < -0.39 is 0 Å². The molecule has 14 heavy (non-hydrogen) atoms. The van der Waals surface area contributed by atoms with Crippen LogP contribution in [0, 0.1) is 0 Å². The monoisotopic (exact) mass is 254 g/mol. The Balaban J connectivity index is 2.83. The van der Waals surface area contributed by atoms with Gasteiger partial charge in [-0.3, -0.25) is 9.78 Å². The van der Waals surface area contributed by atoms with Crippen LogP contribution in [0.2, 0.25) is 0 Å². The van der Waals surface area contributed by atoms with Crippen molar-refractivity contribution in [3.63, 3.8) is 0 Å². The fraction of sp³-hybridized carbons (Fsp3) is 0.200. The molecule has 1 aromatic heterocycles. The Kier molecular flexibility index (Phi) is 3.83. The largest absolute Gasteiger partial charge is 0.338 e. The Hall–Kier alpha value is -1.16. The number of hydrogen-bond acceptors (Lipinski definition) is 2. The first-order valence-electron chi connectivity index (χ1n) is 4.12. The van der Waals surface area contributed by atoms with Crippen LogP contribution in [0.4, 0.5) is 0 Å². The lowest BCUT2D eigenvalue weighted by Crippen LogP contribution is -2.26. The SMILES string of the molecule is C=CCN(C)C(=O)c1cncc(Br)c1. The molecule has 0 saturated heterocycles. The average Bonchev–Trinajstić information content (AvgIpc) is 2.17. The van der Waals surface area contributed by atoms with Crippen LogP contribution in [0.1, 0.15) is 10.4 Å². The highest BCUT2D eigenvalue weighted by Gasteiger charge is 2.10. The van der Waals surface area contributed by atoms with E-state index in [1.165, 1.54) is 0 Å². The third-order valence-electron chi connectivity index (χ3n) is 1.70. The first-order valence-corrected chi connectivity index (χ1v) is 4.91. The molecule has 0 radical (unpaired) electrons. The van der Waals surface area contributed by atoms with Crippen LogP contribution in [-0.4, -0.2) is 29.4 Å². The van der Waals surface area contributed by atoms with Crippen molar-refractivity contribution in [2.45, 2.75) is 0 Å². The summed E-state index contributed by atoms with van der Waals surface area (Å²) in [7, 11) is 1.73. The zero-order valence-corrected chi connectivity index (χ0v) is 9.49. The maximum Gasteiger partial charge on any atom is 0.255 e. The van der Waals surface area contributed by atoms with Crippen molar-refractivity contribution in [2.75, 3.05) is 13.6 Å². The van der Waals surface area contributed by atoms with Gasteiger partial charge >= 0.3 is 0 Å². The number of pyridine rings is 1. The fourth-order valence-corrected chi connectivity index (χ4v) is 1.39. The minimum atomic E-state index is -0.0568. The van der Waals surface area contributed by atoms with Crippen LogP contribution in [0.15, 0.2) is 35.6 Å². The van der Waals surface area contributed by atoms with Crippen LogP contribution in [0.5, 0.6) is 0 Å². The first kappa shape index (κ1) is 10.9. The van der Waals surface area contributed by atoms with E-state index in [1.807, 2.05) is 0 Å². The summed E-state index contributed by atoms with van der Waals surface area (Å²) in [5.74, 6) is -0.0568. The van der Waals surface area contributed by atoms with Crippen molar-refractivity contribution in [3.8, 4) is 0 Å². The second-order valence-electron chi connectivity index (χ2n) is 2.87. The van der Waals surface area contributed by atoms with E-state index in [-0.39, 0.29) is 5.91 Å². The summed E-state index contributed by atoms with van der Waals surface area (Å²) < 4.78 is 0.801. The number of carbonyl (C=O) groups excluding carboxylic acids is 1. The Morgan fingerprint density at radius 1 is 1.71 bits per heavy atom. The molecule has 0 aliphatic heterocycles. The van der Waals surface area contributed by atoms with E-state index >= 15 is 0 Å². The second kappa shape index (κ2) is 4.91. The summed E-state index contributed by atoms with van der Waals surface area (Å²) in [6.07, 6.45) is 4.88. The molecule has 0 bridgehead atoms. The lowest BCUT2D eigenvalue weighted by Gasteiger charge is -2.14. The normalized spacial score (nSPS) is 9.57. The summed E-state index contributed by atoms with van der Waals surface area (Å²) in [4.78, 5) is 17.2. The molecule has 1 rings (SSSR count). The van der Waals surface area contributed by atoms with Crippen molar-refractivity contribution < 1.29 is 4.79 Å². The lowest BCUT2D eigenvalue weighted by atomic mass is 10.2. The summed E-state index contributed by atoms with van der Waals surface area (Å²) in [5.41, 5.74) is 0.573. The van der Waals surface area contributed by atoms with Gasteiger partial charge in [-0.2, -0.15) is 0 Å². The zero-order valence-electron chi connectivity index (χ0n) is 7.90. The van der Waals surface area contributed by atoms with Gasteiger partial charge in [-0.25, -0.2) is 0 Å². The molecule has 0 atom stereocenters. The minimum absolute atomic E-state index is 0.0568. The number of aromatic nitrogens is 1. The standard InChI is InChI=1S/C10H11BrN2O/c1-3-4-13(2)10(14)8-5-9(11)7-12-6-8/h3,5-7H,1,4H2,2H3. The Bertz CT molecular complexity index is 352. The van der Waals surface area contributed by atoms with Gasteiger partial charge in [0.1, 0.15) is 0 Å². The number of likely N-dealkylation sites (N-methyl/N-ethyl adjacent to an activating group) is 1. The van der Waals surface area contributed by atoms with Crippen molar-refractivity contribution in [1.82, 2.24) is 9.88 Å². The zero-order chi connectivity index (χ0) is 10.6. The van der Waals surface area contributed by atoms with Gasteiger partial charge in [0.25, 0.3) is 5.91 Å². The third kappa shape index (κ3) is 2.67. The van der Waals surface area contributed by atoms with Crippen LogP contribution >= 0.6 is 15.9 Å². The van der Waals surface area contributed by atoms with Crippen molar-refractivity contribution >= 4 is 21.8 Å². The third-order valence-corrected chi connectivity index (χ3v) is 2.14. The Labute approximate surface area is 91.6 Å². The molecular weight excluding hydrogens is 244 g/mol. The van der Waals surface area contributed by atoms with E-state index in [0.717, 1.165) is 4.47 Å². The van der Waals surface area contributed by atoms with Gasteiger partial charge in [0, 0.05) is 30.5 Å². The molecule has 3 nitrogen and oxygen atoms in total. The number of hydrogen-bond donors (Lipinski definition) is 0. The summed E-state index contributed by atoms with van der Waals surface area (Å²) in [6.45, 7) is 4.11. The maximum atomic E-state index is 11.7. The quantitative estimate of drug-likeness (QED) is 0.775. The molecule has 1 aromatic rings. The van der Waals surface area contributed by atoms with Crippen LogP contribution in [0.25, 0.3) is 0 Å². The van der Waals surface area contributed by atoms with E-state index in [4.69, 9.17) is 0 Å². The van der Waals surface area contributed by atoms with Crippen LogP contribution in [0.3, 0.4) is 0 Å². The van der Waals surface area contributed by atoms with Gasteiger partial charge in [0.15, 0.2) is 0 Å². The molecule has 0 unspecified atom stereocenters. The number of amides is 1. The minimum Gasteiger partial charge on any atom is -0.338 e. The molecule has 74 valence electrons. The van der Waals surface area contributed by atoms with E-state index in [0.29, 0.717) is 12.1 Å². The van der Waals surface area contributed by atoms with Crippen molar-refractivity contribution in [3.05, 3.63) is 41.2 Å². The molecule has 0 N–H and O–H groups in total. The van der Waals surface area contributed by atoms with Gasteiger partial charge in [-0.1, -0.05) is 6.08 Å². The van der Waals surface area contributed by atoms with Gasteiger partial charge in [0.05, 0.1) is 5.56 Å².